The molecule has 2 aromatic carbocycles. The van der Waals surface area contributed by atoms with Crippen molar-refractivity contribution >= 4 is 23.4 Å². The minimum absolute atomic E-state index is 0.281. The first-order chi connectivity index (χ1) is 18.9. The summed E-state index contributed by atoms with van der Waals surface area (Å²) in [6.45, 7) is 7.69. The number of piperidine rings is 1. The third-order valence-corrected chi connectivity index (χ3v) is 9.38. The molecule has 2 atom stereocenters. The van der Waals surface area contributed by atoms with Crippen molar-refractivity contribution in [1.29, 1.82) is 0 Å². The maximum Gasteiger partial charge on any atom is 0.416 e. The molecule has 0 unspecified atom stereocenters. The number of likely N-dealkylation sites (tertiary alicyclic amines) is 1. The van der Waals surface area contributed by atoms with Gasteiger partial charge in [0.1, 0.15) is 0 Å². The normalized spacial score (nSPS) is 23.7. The van der Waals surface area contributed by atoms with Gasteiger partial charge < -0.3 is 9.80 Å². The van der Waals surface area contributed by atoms with Gasteiger partial charge in [0.25, 0.3) is 0 Å². The molecule has 5 nitrogen and oxygen atoms in total. The summed E-state index contributed by atoms with van der Waals surface area (Å²) in [5.41, 5.74) is 1.36. The molecule has 0 saturated carbocycles. The molecule has 0 aliphatic carbocycles. The zero-order valence-electron chi connectivity index (χ0n) is 22.5. The molecule has 9 heteroatoms. The number of nitrogens with zero attached hydrogens (tertiary/aromatic N) is 4. The summed E-state index contributed by atoms with van der Waals surface area (Å²) in [7, 11) is 0. The molecule has 0 radical (unpaired) electrons. The highest BCUT2D eigenvalue weighted by molar-refractivity contribution is 7.99. The van der Waals surface area contributed by atoms with Crippen molar-refractivity contribution in [2.24, 2.45) is 5.92 Å². The second kappa shape index (κ2) is 13.0. The SMILES string of the molecule is O=C(CC[C@H]1CN(Cc2ccccc2)CC[C@H]1N1CCN(c2cccc(C(F)(F)F)c2)CC1)N1CCSCC1. The summed E-state index contributed by atoms with van der Waals surface area (Å²) in [5.74, 6) is 2.73. The number of rotatable bonds is 7. The Bertz CT molecular complexity index is 1070. The van der Waals surface area contributed by atoms with E-state index < -0.39 is 11.7 Å². The van der Waals surface area contributed by atoms with E-state index >= 15 is 0 Å². The van der Waals surface area contributed by atoms with Crippen molar-refractivity contribution in [2.75, 3.05) is 68.8 Å². The number of benzene rings is 2. The number of piperazine rings is 1. The van der Waals surface area contributed by atoms with Gasteiger partial charge in [-0.2, -0.15) is 24.9 Å². The molecule has 3 aliphatic rings. The predicted octanol–water partition coefficient (Wildman–Crippen LogP) is 5.07. The van der Waals surface area contributed by atoms with Crippen molar-refractivity contribution < 1.29 is 18.0 Å². The van der Waals surface area contributed by atoms with Gasteiger partial charge in [0, 0.05) is 82.0 Å². The second-order valence-electron chi connectivity index (χ2n) is 10.9. The minimum atomic E-state index is -4.33. The lowest BCUT2D eigenvalue weighted by atomic mass is 9.86. The van der Waals surface area contributed by atoms with Crippen LogP contribution < -0.4 is 4.90 Å². The predicted molar refractivity (Wildman–Crippen MR) is 152 cm³/mol. The average molecular weight is 561 g/mol. The zero-order valence-corrected chi connectivity index (χ0v) is 23.3. The van der Waals surface area contributed by atoms with E-state index in [1.165, 1.54) is 17.7 Å². The Kier molecular flexibility index (Phi) is 9.40. The molecular weight excluding hydrogens is 521 g/mol. The number of alkyl halides is 3. The van der Waals surface area contributed by atoms with Gasteiger partial charge in [-0.1, -0.05) is 36.4 Å². The van der Waals surface area contributed by atoms with E-state index in [0.717, 1.165) is 76.2 Å². The molecule has 0 spiro atoms. The van der Waals surface area contributed by atoms with Crippen LogP contribution in [0.4, 0.5) is 18.9 Å². The number of anilines is 1. The number of thioether (sulfide) groups is 1. The Balaban J connectivity index is 1.22. The summed E-state index contributed by atoms with van der Waals surface area (Å²) in [6.07, 6.45) is -1.81. The van der Waals surface area contributed by atoms with Crippen LogP contribution in [0.2, 0.25) is 0 Å². The third kappa shape index (κ3) is 7.50. The highest BCUT2D eigenvalue weighted by Crippen LogP contribution is 2.33. The highest BCUT2D eigenvalue weighted by Gasteiger charge is 2.36. The molecule has 0 N–H and O–H groups in total. The fourth-order valence-corrected chi connectivity index (χ4v) is 7.22. The first-order valence-corrected chi connectivity index (χ1v) is 15.3. The van der Waals surface area contributed by atoms with Crippen LogP contribution in [0.1, 0.15) is 30.4 Å². The van der Waals surface area contributed by atoms with Crippen molar-refractivity contribution in [1.82, 2.24) is 14.7 Å². The van der Waals surface area contributed by atoms with E-state index in [1.807, 2.05) is 22.7 Å². The van der Waals surface area contributed by atoms with Crippen LogP contribution in [0.5, 0.6) is 0 Å². The lowest BCUT2D eigenvalue weighted by Gasteiger charge is -2.47. The average Bonchev–Trinajstić information content (AvgIpc) is 2.97. The Morgan fingerprint density at radius 1 is 0.897 bits per heavy atom. The van der Waals surface area contributed by atoms with Crippen LogP contribution in [-0.2, 0) is 17.5 Å². The fourth-order valence-electron chi connectivity index (χ4n) is 6.32. The van der Waals surface area contributed by atoms with Crippen LogP contribution in [-0.4, -0.2) is 90.5 Å². The molecule has 5 rings (SSSR count). The summed E-state index contributed by atoms with van der Waals surface area (Å²) in [4.78, 5) is 22.2. The number of carbonyl (C=O) groups is 1. The van der Waals surface area contributed by atoms with Crippen molar-refractivity contribution in [3.63, 3.8) is 0 Å². The summed E-state index contributed by atoms with van der Waals surface area (Å²) in [5, 5.41) is 0. The van der Waals surface area contributed by atoms with Crippen LogP contribution in [0.25, 0.3) is 0 Å². The first kappa shape index (κ1) is 28.3. The zero-order chi connectivity index (χ0) is 27.2. The van der Waals surface area contributed by atoms with E-state index in [1.54, 1.807) is 6.07 Å². The molecule has 1 amide bonds. The molecule has 212 valence electrons. The highest BCUT2D eigenvalue weighted by atomic mass is 32.2. The van der Waals surface area contributed by atoms with Crippen LogP contribution in [0, 0.1) is 5.92 Å². The van der Waals surface area contributed by atoms with Gasteiger partial charge in [0.2, 0.25) is 5.91 Å². The van der Waals surface area contributed by atoms with Crippen LogP contribution in [0.3, 0.4) is 0 Å². The van der Waals surface area contributed by atoms with Crippen molar-refractivity contribution in [2.45, 2.75) is 38.0 Å². The lowest BCUT2D eigenvalue weighted by Crippen LogP contribution is -2.56. The van der Waals surface area contributed by atoms with E-state index in [-0.39, 0.29) is 5.91 Å². The minimum Gasteiger partial charge on any atom is -0.369 e. The van der Waals surface area contributed by atoms with Gasteiger partial charge in [-0.05, 0) is 49.1 Å². The van der Waals surface area contributed by atoms with Gasteiger partial charge in [0.15, 0.2) is 0 Å². The number of hydrogen-bond acceptors (Lipinski definition) is 5. The first-order valence-electron chi connectivity index (χ1n) is 14.1. The number of amides is 1. The lowest BCUT2D eigenvalue weighted by molar-refractivity contribution is -0.137. The Morgan fingerprint density at radius 3 is 2.36 bits per heavy atom. The van der Waals surface area contributed by atoms with E-state index in [2.05, 4.69) is 39.0 Å². The Labute approximate surface area is 234 Å². The number of halogens is 3. The molecule has 3 saturated heterocycles. The second-order valence-corrected chi connectivity index (χ2v) is 12.2. The topological polar surface area (TPSA) is 30.0 Å². The summed E-state index contributed by atoms with van der Waals surface area (Å²) >= 11 is 1.92. The van der Waals surface area contributed by atoms with Gasteiger partial charge >= 0.3 is 6.18 Å². The van der Waals surface area contributed by atoms with Gasteiger partial charge in [-0.15, -0.1) is 0 Å². The quantitative estimate of drug-likeness (QED) is 0.472. The summed E-state index contributed by atoms with van der Waals surface area (Å²) in [6, 6.07) is 16.6. The molecule has 0 bridgehead atoms. The maximum atomic E-state index is 13.2. The smallest absolute Gasteiger partial charge is 0.369 e. The molecule has 3 heterocycles. The molecule has 3 aliphatic heterocycles. The number of carbonyl (C=O) groups excluding carboxylic acids is 1. The van der Waals surface area contributed by atoms with Crippen LogP contribution in [0.15, 0.2) is 54.6 Å². The van der Waals surface area contributed by atoms with Gasteiger partial charge in [-0.25, -0.2) is 0 Å². The standard InChI is InChI=1S/C30H39F3N4OS/c31-30(32,33)26-7-4-8-27(21-26)35-13-15-36(16-14-35)28-11-12-34(22-24-5-2-1-3-6-24)23-25(28)9-10-29(38)37-17-19-39-20-18-37/h1-8,21,25,28H,9-20,22-23H2/t25-,28+/m0/s1. The maximum absolute atomic E-state index is 13.2. The third-order valence-electron chi connectivity index (χ3n) is 8.44. The molecular formula is C30H39F3N4OS. The number of hydrogen-bond donors (Lipinski definition) is 0. The Hall–Kier alpha value is -2.23. The van der Waals surface area contributed by atoms with E-state index in [0.29, 0.717) is 37.2 Å². The molecule has 39 heavy (non-hydrogen) atoms. The summed E-state index contributed by atoms with van der Waals surface area (Å²) < 4.78 is 39.7. The van der Waals surface area contributed by atoms with E-state index in [9.17, 15) is 18.0 Å². The van der Waals surface area contributed by atoms with Crippen molar-refractivity contribution in [3.05, 3.63) is 65.7 Å². The van der Waals surface area contributed by atoms with Gasteiger partial charge in [-0.3, -0.25) is 14.6 Å². The molecule has 2 aromatic rings. The van der Waals surface area contributed by atoms with Gasteiger partial charge in [0.05, 0.1) is 5.56 Å². The Morgan fingerprint density at radius 2 is 1.64 bits per heavy atom. The van der Waals surface area contributed by atoms with Crippen molar-refractivity contribution in [3.8, 4) is 0 Å². The molecule has 0 aromatic heterocycles. The van der Waals surface area contributed by atoms with E-state index in [4.69, 9.17) is 0 Å². The largest absolute Gasteiger partial charge is 0.416 e. The monoisotopic (exact) mass is 560 g/mol. The fraction of sp³-hybridized carbons (Fsp3) is 0.567. The van der Waals surface area contributed by atoms with Crippen LogP contribution >= 0.6 is 11.8 Å². The molecule has 3 fully saturated rings.